The van der Waals surface area contributed by atoms with Crippen LogP contribution in [0.25, 0.3) is 0 Å². The van der Waals surface area contributed by atoms with Gasteiger partial charge in [0.05, 0.1) is 27.7 Å². The topological polar surface area (TPSA) is 128 Å². The quantitative estimate of drug-likeness (QED) is 0.0112. The lowest BCUT2D eigenvalue weighted by Gasteiger charge is -2.28. The van der Waals surface area contributed by atoms with Crippen molar-refractivity contribution in [3.63, 3.8) is 0 Å². The van der Waals surface area contributed by atoms with Gasteiger partial charge >= 0.3 is 11.9 Å². The number of ketones is 1. The zero-order valence-electron chi connectivity index (χ0n) is 38.6. The molecule has 0 aliphatic rings. The van der Waals surface area contributed by atoms with E-state index >= 15 is 0 Å². The summed E-state index contributed by atoms with van der Waals surface area (Å²) in [7, 11) is 1.00. The molecule has 0 fully saturated rings. The Morgan fingerprint density at radius 3 is 1.57 bits per heavy atom. The van der Waals surface area contributed by atoms with E-state index in [1.54, 1.807) is 6.08 Å². The van der Waals surface area contributed by atoms with Crippen molar-refractivity contribution in [3.05, 3.63) is 97.2 Å². The first-order valence-corrected chi connectivity index (χ1v) is 24.4. The Bertz CT molecular complexity index is 1420. The number of hydrogen-bond donors (Lipinski definition) is 0. The number of allylic oxidation sites excluding steroid dienone is 16. The number of unbranched alkanes of at least 4 members (excludes halogenated alkanes) is 9. The molecule has 61 heavy (non-hydrogen) atoms. The molecular formula is C50H82NO9P. The number of phosphoric acid groups is 1. The van der Waals surface area contributed by atoms with Gasteiger partial charge in [-0.05, 0) is 89.5 Å². The number of rotatable bonds is 40. The number of carbonyl (C=O) groups is 3. The molecule has 0 heterocycles. The second-order valence-corrected chi connectivity index (χ2v) is 17.5. The van der Waals surface area contributed by atoms with E-state index in [4.69, 9.17) is 18.5 Å². The van der Waals surface area contributed by atoms with E-state index in [2.05, 4.69) is 86.8 Å². The van der Waals surface area contributed by atoms with Crippen molar-refractivity contribution >= 4 is 25.5 Å². The van der Waals surface area contributed by atoms with Crippen LogP contribution in [0.4, 0.5) is 0 Å². The fraction of sp³-hybridized carbons (Fsp3) is 0.620. The van der Waals surface area contributed by atoms with Crippen LogP contribution < -0.4 is 4.89 Å². The summed E-state index contributed by atoms with van der Waals surface area (Å²) in [4.78, 5) is 49.8. The summed E-state index contributed by atoms with van der Waals surface area (Å²) in [5, 5.41) is 0. The summed E-state index contributed by atoms with van der Waals surface area (Å²) in [5.74, 6) is -1.25. The number of carbonyl (C=O) groups excluding carboxylic acids is 3. The zero-order chi connectivity index (χ0) is 45.1. The van der Waals surface area contributed by atoms with E-state index in [9.17, 15) is 23.8 Å². The summed E-state index contributed by atoms with van der Waals surface area (Å²) >= 11 is 0. The molecule has 0 rings (SSSR count). The molecule has 0 spiro atoms. The smallest absolute Gasteiger partial charge is 0.306 e. The van der Waals surface area contributed by atoms with Crippen molar-refractivity contribution in [3.8, 4) is 0 Å². The largest absolute Gasteiger partial charge is 0.756 e. The average molecular weight is 872 g/mol. The lowest BCUT2D eigenvalue weighted by Crippen LogP contribution is -2.37. The number of quaternary nitrogens is 1. The molecule has 1 unspecified atom stereocenters. The number of likely N-dealkylation sites (N-methyl/N-ethyl adjacent to an activating group) is 1. The molecule has 346 valence electrons. The van der Waals surface area contributed by atoms with Gasteiger partial charge in [-0.2, -0.15) is 0 Å². The SMILES string of the molecule is CCCCC/C=C\C/C=C\C/C=C\C=C\C(=O)CCCC(=O)OC[C@H](COP(=O)([O-])OCC[N+](C)(C)C)OC(=O)CCCCC/C=C\C/C=C\C/C=C\C/C=C\CCCCC. The second kappa shape index (κ2) is 40.7. The fourth-order valence-electron chi connectivity index (χ4n) is 5.41. The molecule has 0 aliphatic heterocycles. The van der Waals surface area contributed by atoms with E-state index in [0.717, 1.165) is 57.8 Å². The highest BCUT2D eigenvalue weighted by molar-refractivity contribution is 7.45. The summed E-state index contributed by atoms with van der Waals surface area (Å²) in [6.45, 7) is 3.83. The first-order chi connectivity index (χ1) is 29.4. The number of esters is 2. The lowest BCUT2D eigenvalue weighted by atomic mass is 10.1. The fourth-order valence-corrected chi connectivity index (χ4v) is 6.14. The van der Waals surface area contributed by atoms with Crippen molar-refractivity contribution in [1.82, 2.24) is 0 Å². The van der Waals surface area contributed by atoms with Crippen molar-refractivity contribution in [1.29, 1.82) is 0 Å². The minimum absolute atomic E-state index is 0.0254. The predicted molar refractivity (Wildman–Crippen MR) is 250 cm³/mol. The molecular weight excluding hydrogens is 790 g/mol. The molecule has 0 radical (unpaired) electrons. The lowest BCUT2D eigenvalue weighted by molar-refractivity contribution is -0.870. The van der Waals surface area contributed by atoms with E-state index in [0.29, 0.717) is 17.4 Å². The molecule has 2 atom stereocenters. The Hall–Kier alpha value is -3.40. The van der Waals surface area contributed by atoms with Crippen molar-refractivity contribution in [2.75, 3.05) is 47.5 Å². The molecule has 0 aromatic heterocycles. The van der Waals surface area contributed by atoms with Crippen LogP contribution in [0.3, 0.4) is 0 Å². The Morgan fingerprint density at radius 1 is 0.557 bits per heavy atom. The van der Waals surface area contributed by atoms with Gasteiger partial charge in [-0.1, -0.05) is 137 Å². The third-order valence-corrected chi connectivity index (χ3v) is 10.0. The van der Waals surface area contributed by atoms with Crippen LogP contribution in [0.15, 0.2) is 97.2 Å². The van der Waals surface area contributed by atoms with E-state index in [-0.39, 0.29) is 38.1 Å². The highest BCUT2D eigenvalue weighted by Gasteiger charge is 2.21. The van der Waals surface area contributed by atoms with Crippen LogP contribution in [-0.4, -0.2) is 75.8 Å². The van der Waals surface area contributed by atoms with Gasteiger partial charge in [-0.15, -0.1) is 0 Å². The van der Waals surface area contributed by atoms with Crippen LogP contribution in [-0.2, 0) is 37.5 Å². The normalized spacial score (nSPS) is 14.3. The Labute approximate surface area is 370 Å². The molecule has 0 aliphatic carbocycles. The summed E-state index contributed by atoms with van der Waals surface area (Å²) in [6, 6.07) is 0. The van der Waals surface area contributed by atoms with Gasteiger partial charge in [0, 0.05) is 19.3 Å². The number of ether oxygens (including phenoxy) is 2. The summed E-state index contributed by atoms with van der Waals surface area (Å²) < 4.78 is 33.6. The number of phosphoric ester groups is 1. The highest BCUT2D eigenvalue weighted by Crippen LogP contribution is 2.38. The Morgan fingerprint density at radius 2 is 1.05 bits per heavy atom. The van der Waals surface area contributed by atoms with Gasteiger partial charge in [-0.25, -0.2) is 0 Å². The molecule has 0 amide bonds. The first-order valence-electron chi connectivity index (χ1n) is 22.9. The van der Waals surface area contributed by atoms with Crippen LogP contribution in [0.2, 0.25) is 0 Å². The van der Waals surface area contributed by atoms with E-state index in [1.165, 1.54) is 51.0 Å². The van der Waals surface area contributed by atoms with E-state index < -0.39 is 39.1 Å². The van der Waals surface area contributed by atoms with Crippen LogP contribution in [0.1, 0.15) is 149 Å². The maximum Gasteiger partial charge on any atom is 0.306 e. The van der Waals surface area contributed by atoms with Crippen LogP contribution in [0.5, 0.6) is 0 Å². The minimum Gasteiger partial charge on any atom is -0.756 e. The number of nitrogens with zero attached hydrogens (tertiary/aromatic N) is 1. The maximum absolute atomic E-state index is 12.7. The van der Waals surface area contributed by atoms with Gasteiger partial charge in [0.1, 0.15) is 19.8 Å². The molecule has 0 N–H and O–H groups in total. The molecule has 0 saturated heterocycles. The third kappa shape index (κ3) is 44.5. The van der Waals surface area contributed by atoms with Gasteiger partial charge in [0.2, 0.25) is 0 Å². The van der Waals surface area contributed by atoms with Crippen molar-refractivity contribution in [2.24, 2.45) is 0 Å². The van der Waals surface area contributed by atoms with Crippen molar-refractivity contribution < 1.29 is 46.8 Å². The first kappa shape index (κ1) is 57.6. The van der Waals surface area contributed by atoms with Crippen molar-refractivity contribution in [2.45, 2.75) is 155 Å². The van der Waals surface area contributed by atoms with E-state index in [1.807, 2.05) is 33.3 Å². The summed E-state index contributed by atoms with van der Waals surface area (Å²) in [5.41, 5.74) is 0. The molecule has 0 aromatic rings. The highest BCUT2D eigenvalue weighted by atomic mass is 31.2. The van der Waals surface area contributed by atoms with Gasteiger partial charge in [0.15, 0.2) is 11.9 Å². The van der Waals surface area contributed by atoms with Gasteiger partial charge < -0.3 is 27.9 Å². The standard InChI is InChI=1S/C50H82NO9P/c1-6-8-10-12-14-16-18-20-21-22-23-24-25-27-29-31-33-35-37-41-50(54)60-48(46-59-61(55,56)58-44-43-51(3,4)5)45-57-49(53)42-38-40-47(52)39-36-34-32-30-28-26-19-17-15-13-11-9-7-2/h14-17,20-21,23-24,26-29,32,34,36,39,48H,6-13,18-19,22,25,30-31,33,35,37-38,40-46H2,1-5H3/b16-14-,17-15-,21-20-,24-23-,28-26-,29-27-,34-32-,39-36+/t48-/m1/s1. The predicted octanol–water partition coefficient (Wildman–Crippen LogP) is 11.9. The van der Waals surface area contributed by atoms with Crippen LogP contribution in [0, 0.1) is 0 Å². The molecule has 11 heteroatoms. The van der Waals surface area contributed by atoms with Gasteiger partial charge in [0.25, 0.3) is 7.82 Å². The minimum atomic E-state index is -4.70. The Balaban J connectivity index is 4.61. The average Bonchev–Trinajstić information content (AvgIpc) is 3.21. The van der Waals surface area contributed by atoms with Crippen LogP contribution >= 0.6 is 7.82 Å². The van der Waals surface area contributed by atoms with Gasteiger partial charge in [-0.3, -0.25) is 18.9 Å². The second-order valence-electron chi connectivity index (χ2n) is 16.1. The summed E-state index contributed by atoms with van der Waals surface area (Å²) in [6.07, 6.45) is 50.1. The molecule has 0 bridgehead atoms. The Kier molecular flexibility index (Phi) is 38.4. The third-order valence-electron chi connectivity index (χ3n) is 9.05. The molecule has 10 nitrogen and oxygen atoms in total. The monoisotopic (exact) mass is 872 g/mol. The zero-order valence-corrected chi connectivity index (χ0v) is 39.5. The molecule has 0 aromatic carbocycles. The number of hydrogen-bond acceptors (Lipinski definition) is 9. The molecule has 0 saturated carbocycles. The maximum atomic E-state index is 12.7.